The van der Waals surface area contributed by atoms with Crippen molar-refractivity contribution in [2.24, 2.45) is 0 Å². The molecule has 258 valence electrons. The van der Waals surface area contributed by atoms with Crippen LogP contribution in [-0.2, 0) is 0 Å². The molecule has 55 heavy (non-hydrogen) atoms. The molecule has 10 aromatic rings. The highest BCUT2D eigenvalue weighted by Gasteiger charge is 2.16. The number of pyridine rings is 3. The molecule has 5 heterocycles. The molecule has 0 atom stereocenters. The number of hydrogen-bond donors (Lipinski definition) is 0. The maximum Gasteiger partial charge on any atom is 0.160 e. The van der Waals surface area contributed by atoms with E-state index in [1.54, 1.807) is 6.20 Å². The van der Waals surface area contributed by atoms with E-state index in [1.807, 2.05) is 72.9 Å². The van der Waals surface area contributed by atoms with Gasteiger partial charge in [0.25, 0.3) is 0 Å². The summed E-state index contributed by atoms with van der Waals surface area (Å²) in [6, 6.07) is 62.3. The Hall–Kier alpha value is -7.57. The highest BCUT2D eigenvalue weighted by atomic mass is 15.0. The maximum atomic E-state index is 5.17. The zero-order valence-electron chi connectivity index (χ0n) is 29.7. The minimum atomic E-state index is 0.639. The molecule has 5 aromatic heterocycles. The fraction of sp³-hybridized carbons (Fsp3) is 0. The van der Waals surface area contributed by atoms with E-state index in [0.717, 1.165) is 78.7 Å². The van der Waals surface area contributed by atoms with Crippen LogP contribution in [0.1, 0.15) is 0 Å². The Morgan fingerprint density at radius 2 is 0.927 bits per heavy atom. The van der Waals surface area contributed by atoms with Gasteiger partial charge in [-0.25, -0.2) is 15.0 Å². The van der Waals surface area contributed by atoms with Gasteiger partial charge in [-0.1, -0.05) is 115 Å². The standard InChI is InChI=1S/C49H32N6/c1-3-14-33(15-4-1)37-29-45(41-22-11-12-27-50-41)52-46(30-37)42-26-25-36(32-51-42)44-31-43(34-16-5-2-6-17-34)53-49(54-44)35-18-13-19-38(28-35)55-47-23-9-7-20-39(47)40-21-8-10-24-48(40)55/h1-32H. The smallest absolute Gasteiger partial charge is 0.160 e. The molecule has 0 aliphatic heterocycles. The molecule has 0 radical (unpaired) electrons. The van der Waals surface area contributed by atoms with Crippen LogP contribution in [0, 0.1) is 0 Å². The van der Waals surface area contributed by atoms with Crippen LogP contribution in [-0.4, -0.2) is 29.5 Å². The number of benzene rings is 5. The van der Waals surface area contributed by atoms with Gasteiger partial charge in [0.1, 0.15) is 0 Å². The van der Waals surface area contributed by atoms with Gasteiger partial charge < -0.3 is 4.57 Å². The topological polar surface area (TPSA) is 69.4 Å². The number of para-hydroxylation sites is 2. The van der Waals surface area contributed by atoms with Gasteiger partial charge in [0.2, 0.25) is 0 Å². The summed E-state index contributed by atoms with van der Waals surface area (Å²) < 4.78 is 2.32. The lowest BCUT2D eigenvalue weighted by Crippen LogP contribution is -1.98. The largest absolute Gasteiger partial charge is 0.309 e. The Labute approximate surface area is 318 Å². The van der Waals surface area contributed by atoms with Crippen molar-refractivity contribution >= 4 is 21.8 Å². The summed E-state index contributed by atoms with van der Waals surface area (Å²) in [4.78, 5) is 24.9. The average molecular weight is 705 g/mol. The van der Waals surface area contributed by atoms with Gasteiger partial charge in [-0.15, -0.1) is 0 Å². The van der Waals surface area contributed by atoms with Crippen LogP contribution in [0.4, 0.5) is 0 Å². The lowest BCUT2D eigenvalue weighted by molar-refractivity contribution is 1.15. The summed E-state index contributed by atoms with van der Waals surface area (Å²) in [5, 5.41) is 2.44. The van der Waals surface area contributed by atoms with Gasteiger partial charge in [0, 0.05) is 45.5 Å². The minimum Gasteiger partial charge on any atom is -0.309 e. The number of aromatic nitrogens is 6. The van der Waals surface area contributed by atoms with Gasteiger partial charge in [0.15, 0.2) is 5.82 Å². The number of nitrogens with zero attached hydrogens (tertiary/aromatic N) is 6. The van der Waals surface area contributed by atoms with E-state index in [9.17, 15) is 0 Å². The van der Waals surface area contributed by atoms with Crippen molar-refractivity contribution < 1.29 is 0 Å². The van der Waals surface area contributed by atoms with Crippen LogP contribution in [0.15, 0.2) is 194 Å². The molecule has 6 heteroatoms. The molecular formula is C49H32N6. The van der Waals surface area contributed by atoms with Crippen LogP contribution in [0.2, 0.25) is 0 Å². The molecule has 0 spiro atoms. The first kappa shape index (κ1) is 32.1. The quantitative estimate of drug-likeness (QED) is 0.165. The number of fused-ring (bicyclic) bond motifs is 3. The SMILES string of the molecule is c1ccc(-c2cc(-c3ccccn3)nc(-c3ccc(-c4cc(-c5ccccc5)nc(-c5cccc(-n6c7ccccc7c7ccccc76)c5)n4)cn3)c2)cc1. The van der Waals surface area contributed by atoms with E-state index in [-0.39, 0.29) is 0 Å². The Bertz CT molecular complexity index is 2850. The third kappa shape index (κ3) is 6.11. The minimum absolute atomic E-state index is 0.639. The van der Waals surface area contributed by atoms with E-state index in [2.05, 4.69) is 125 Å². The molecule has 0 aliphatic rings. The van der Waals surface area contributed by atoms with Crippen molar-refractivity contribution in [3.05, 3.63) is 194 Å². The molecule has 0 amide bonds. The van der Waals surface area contributed by atoms with Gasteiger partial charge in [-0.05, 0) is 77.9 Å². The summed E-state index contributed by atoms with van der Waals surface area (Å²) in [7, 11) is 0. The van der Waals surface area contributed by atoms with Crippen LogP contribution in [0.3, 0.4) is 0 Å². The van der Waals surface area contributed by atoms with Gasteiger partial charge in [-0.2, -0.15) is 0 Å². The lowest BCUT2D eigenvalue weighted by Gasteiger charge is -2.12. The first-order valence-corrected chi connectivity index (χ1v) is 18.2. The second kappa shape index (κ2) is 13.8. The van der Waals surface area contributed by atoms with Gasteiger partial charge >= 0.3 is 0 Å². The van der Waals surface area contributed by atoms with Crippen molar-refractivity contribution in [2.75, 3.05) is 0 Å². The summed E-state index contributed by atoms with van der Waals surface area (Å²) in [6.07, 6.45) is 3.67. The first-order valence-electron chi connectivity index (χ1n) is 18.2. The molecule has 0 aliphatic carbocycles. The monoisotopic (exact) mass is 704 g/mol. The Morgan fingerprint density at radius 3 is 1.58 bits per heavy atom. The third-order valence-electron chi connectivity index (χ3n) is 9.92. The lowest BCUT2D eigenvalue weighted by atomic mass is 10.0. The van der Waals surface area contributed by atoms with E-state index in [0.29, 0.717) is 5.82 Å². The predicted molar refractivity (Wildman–Crippen MR) is 222 cm³/mol. The number of hydrogen-bond acceptors (Lipinski definition) is 5. The van der Waals surface area contributed by atoms with Crippen LogP contribution < -0.4 is 0 Å². The Kier molecular flexibility index (Phi) is 8.04. The zero-order chi connectivity index (χ0) is 36.6. The van der Waals surface area contributed by atoms with Gasteiger partial charge in [0.05, 0.1) is 45.2 Å². The molecule has 6 nitrogen and oxygen atoms in total. The number of rotatable bonds is 7. The van der Waals surface area contributed by atoms with Crippen LogP contribution >= 0.6 is 0 Å². The maximum absolute atomic E-state index is 5.17. The van der Waals surface area contributed by atoms with Crippen LogP contribution in [0.25, 0.3) is 95.3 Å². The normalized spacial score (nSPS) is 11.3. The van der Waals surface area contributed by atoms with Crippen LogP contribution in [0.5, 0.6) is 0 Å². The molecule has 0 saturated heterocycles. The second-order valence-electron chi connectivity index (χ2n) is 13.4. The summed E-state index contributed by atoms with van der Waals surface area (Å²) in [5.74, 6) is 0.639. The zero-order valence-corrected chi connectivity index (χ0v) is 29.7. The van der Waals surface area contributed by atoms with E-state index >= 15 is 0 Å². The fourth-order valence-corrected chi connectivity index (χ4v) is 7.27. The van der Waals surface area contributed by atoms with Crippen molar-refractivity contribution in [1.82, 2.24) is 29.5 Å². The highest BCUT2D eigenvalue weighted by molar-refractivity contribution is 6.09. The molecule has 10 rings (SSSR count). The molecular weight excluding hydrogens is 673 g/mol. The molecule has 0 unspecified atom stereocenters. The first-order chi connectivity index (χ1) is 27.2. The van der Waals surface area contributed by atoms with E-state index in [1.165, 1.54) is 10.8 Å². The van der Waals surface area contributed by atoms with Gasteiger partial charge in [-0.3, -0.25) is 9.97 Å². The molecule has 0 bridgehead atoms. The third-order valence-corrected chi connectivity index (χ3v) is 9.92. The molecule has 5 aromatic carbocycles. The van der Waals surface area contributed by atoms with Crippen molar-refractivity contribution in [3.63, 3.8) is 0 Å². The summed E-state index contributed by atoms with van der Waals surface area (Å²) >= 11 is 0. The molecule has 0 N–H and O–H groups in total. The van der Waals surface area contributed by atoms with Crippen molar-refractivity contribution in [3.8, 4) is 73.5 Å². The summed E-state index contributed by atoms with van der Waals surface area (Å²) in [5.41, 5.74) is 13.1. The summed E-state index contributed by atoms with van der Waals surface area (Å²) in [6.45, 7) is 0. The highest BCUT2D eigenvalue weighted by Crippen LogP contribution is 2.35. The Morgan fingerprint density at radius 1 is 0.327 bits per heavy atom. The fourth-order valence-electron chi connectivity index (χ4n) is 7.27. The Balaban J connectivity index is 1.07. The average Bonchev–Trinajstić information content (AvgIpc) is 3.61. The predicted octanol–water partition coefficient (Wildman–Crippen LogP) is 11.8. The van der Waals surface area contributed by atoms with E-state index < -0.39 is 0 Å². The van der Waals surface area contributed by atoms with Crippen molar-refractivity contribution in [2.45, 2.75) is 0 Å². The second-order valence-corrected chi connectivity index (χ2v) is 13.4. The van der Waals surface area contributed by atoms with E-state index in [4.69, 9.17) is 19.9 Å². The molecule has 0 fully saturated rings. The van der Waals surface area contributed by atoms with Crippen molar-refractivity contribution in [1.29, 1.82) is 0 Å². The molecule has 0 saturated carbocycles.